The van der Waals surface area contributed by atoms with Crippen LogP contribution in [-0.4, -0.2) is 40.9 Å². The molecule has 1 aliphatic heterocycles. The van der Waals surface area contributed by atoms with Crippen LogP contribution in [0.15, 0.2) is 6.20 Å². The maximum Gasteiger partial charge on any atom is 0.249 e. The third-order valence-electron chi connectivity index (χ3n) is 2.95. The van der Waals surface area contributed by atoms with Crippen LogP contribution in [0.25, 0.3) is 0 Å². The zero-order chi connectivity index (χ0) is 14.7. The van der Waals surface area contributed by atoms with E-state index in [-0.39, 0.29) is 18.4 Å². The number of halogens is 1. The first kappa shape index (κ1) is 14.5. The molecule has 2 N–H and O–H groups in total. The van der Waals surface area contributed by atoms with Gasteiger partial charge in [-0.05, 0) is 13.3 Å². The summed E-state index contributed by atoms with van der Waals surface area (Å²) in [6.07, 6.45) is 2.40. The average Bonchev–Trinajstić information content (AvgIpc) is 2.42. The highest BCUT2D eigenvalue weighted by Crippen LogP contribution is 2.26. The molecule has 0 saturated carbocycles. The van der Waals surface area contributed by atoms with Crippen molar-refractivity contribution >= 4 is 35.2 Å². The number of carbonyl (C=O) groups is 2. The summed E-state index contributed by atoms with van der Waals surface area (Å²) in [6.45, 7) is 4.49. The summed E-state index contributed by atoms with van der Waals surface area (Å²) in [6, 6.07) is -0.515. The van der Waals surface area contributed by atoms with Gasteiger partial charge in [-0.15, -0.1) is 0 Å². The lowest BCUT2D eigenvalue weighted by molar-refractivity contribution is -0.132. The molecule has 1 fully saturated rings. The zero-order valence-corrected chi connectivity index (χ0v) is 12.1. The van der Waals surface area contributed by atoms with Crippen molar-refractivity contribution in [1.82, 2.24) is 15.3 Å². The summed E-state index contributed by atoms with van der Waals surface area (Å²) in [5, 5.41) is 5.63. The molecule has 0 aliphatic carbocycles. The first-order chi connectivity index (χ1) is 9.52. The summed E-state index contributed by atoms with van der Waals surface area (Å²) in [5.41, 5.74) is 0. The molecule has 1 unspecified atom stereocenters. The van der Waals surface area contributed by atoms with Gasteiger partial charge in [0.2, 0.25) is 17.8 Å². The van der Waals surface area contributed by atoms with Gasteiger partial charge in [-0.3, -0.25) is 14.9 Å². The van der Waals surface area contributed by atoms with Crippen LogP contribution < -0.4 is 15.5 Å². The monoisotopic (exact) mass is 297 g/mol. The molecule has 0 radical (unpaired) electrons. The number of imide groups is 1. The number of nitrogens with zero attached hydrogens (tertiary/aromatic N) is 3. The number of hydrogen-bond acceptors (Lipinski definition) is 6. The minimum atomic E-state index is -0.515. The summed E-state index contributed by atoms with van der Waals surface area (Å²) < 4.78 is 0. The van der Waals surface area contributed by atoms with E-state index in [0.29, 0.717) is 16.8 Å². The number of hydrogen-bond donors (Lipinski definition) is 2. The molecule has 8 heteroatoms. The predicted octanol–water partition coefficient (Wildman–Crippen LogP) is 0.803. The molecule has 1 aliphatic rings. The molecule has 0 aromatic carbocycles. The van der Waals surface area contributed by atoms with Crippen LogP contribution in [0.2, 0.25) is 5.02 Å². The van der Waals surface area contributed by atoms with Crippen LogP contribution in [-0.2, 0) is 9.59 Å². The van der Waals surface area contributed by atoms with Gasteiger partial charge in [-0.25, -0.2) is 4.98 Å². The molecule has 20 heavy (non-hydrogen) atoms. The van der Waals surface area contributed by atoms with Crippen LogP contribution in [0.5, 0.6) is 0 Å². The van der Waals surface area contributed by atoms with Crippen LogP contribution in [0.1, 0.15) is 20.3 Å². The topological polar surface area (TPSA) is 87.2 Å². The molecule has 1 saturated heterocycles. The number of nitrogens with one attached hydrogen (secondary N) is 2. The standard InChI is InChI=1S/C12H16ClN5O2/c1-3-4-14-12-15-5-8(13)10(17-12)18-6-9(19)16-11(20)7(18)2/h5,7H,3-4,6H2,1-2H3,(H,14,15,17)(H,16,19,20). The van der Waals surface area contributed by atoms with E-state index in [0.717, 1.165) is 13.0 Å². The molecule has 1 aromatic rings. The summed E-state index contributed by atoms with van der Waals surface area (Å²) in [5.74, 6) is 0.0812. The fraction of sp³-hybridized carbons (Fsp3) is 0.500. The van der Waals surface area contributed by atoms with Gasteiger partial charge in [-0.1, -0.05) is 18.5 Å². The van der Waals surface area contributed by atoms with E-state index in [1.165, 1.54) is 6.20 Å². The van der Waals surface area contributed by atoms with Crippen molar-refractivity contribution in [1.29, 1.82) is 0 Å². The molecule has 1 atom stereocenters. The predicted molar refractivity (Wildman–Crippen MR) is 75.8 cm³/mol. The number of amides is 2. The number of carbonyl (C=O) groups excluding carboxylic acids is 2. The van der Waals surface area contributed by atoms with E-state index in [4.69, 9.17) is 11.6 Å². The Balaban J connectivity index is 2.30. The van der Waals surface area contributed by atoms with Crippen LogP contribution in [0.3, 0.4) is 0 Å². The maximum atomic E-state index is 11.7. The van der Waals surface area contributed by atoms with Crippen molar-refractivity contribution in [3.05, 3.63) is 11.2 Å². The van der Waals surface area contributed by atoms with Gasteiger partial charge in [0.25, 0.3) is 0 Å². The third kappa shape index (κ3) is 2.98. The largest absolute Gasteiger partial charge is 0.354 e. The summed E-state index contributed by atoms with van der Waals surface area (Å²) in [7, 11) is 0. The van der Waals surface area contributed by atoms with Crippen LogP contribution >= 0.6 is 11.6 Å². The van der Waals surface area contributed by atoms with E-state index >= 15 is 0 Å². The molecule has 0 spiro atoms. The van der Waals surface area contributed by atoms with E-state index in [2.05, 4.69) is 20.6 Å². The second-order valence-electron chi connectivity index (χ2n) is 4.51. The number of rotatable bonds is 4. The molecule has 108 valence electrons. The molecule has 7 nitrogen and oxygen atoms in total. The average molecular weight is 298 g/mol. The molecule has 0 bridgehead atoms. The number of anilines is 2. The van der Waals surface area contributed by atoms with Gasteiger partial charge in [0, 0.05) is 6.54 Å². The molecule has 2 heterocycles. The summed E-state index contributed by atoms with van der Waals surface area (Å²) in [4.78, 5) is 33.1. The summed E-state index contributed by atoms with van der Waals surface area (Å²) >= 11 is 6.09. The van der Waals surface area contributed by atoms with Gasteiger partial charge in [0.15, 0.2) is 5.82 Å². The highest BCUT2D eigenvalue weighted by atomic mass is 35.5. The Labute approximate surface area is 121 Å². The molecule has 2 rings (SSSR count). The third-order valence-corrected chi connectivity index (χ3v) is 3.22. The van der Waals surface area contributed by atoms with E-state index in [1.54, 1.807) is 11.8 Å². The van der Waals surface area contributed by atoms with E-state index < -0.39 is 6.04 Å². The van der Waals surface area contributed by atoms with E-state index in [1.807, 2.05) is 6.92 Å². The zero-order valence-electron chi connectivity index (χ0n) is 11.3. The fourth-order valence-electron chi connectivity index (χ4n) is 1.85. The molecular formula is C12H16ClN5O2. The van der Waals surface area contributed by atoms with Gasteiger partial charge in [-0.2, -0.15) is 4.98 Å². The molecule has 2 amide bonds. The van der Waals surface area contributed by atoms with Crippen molar-refractivity contribution in [3.63, 3.8) is 0 Å². The normalized spacial score (nSPS) is 18.9. The molecule has 1 aromatic heterocycles. The highest BCUT2D eigenvalue weighted by Gasteiger charge is 2.32. The van der Waals surface area contributed by atoms with Crippen LogP contribution in [0, 0.1) is 0 Å². The lowest BCUT2D eigenvalue weighted by atomic mass is 10.2. The quantitative estimate of drug-likeness (QED) is 0.800. The smallest absolute Gasteiger partial charge is 0.249 e. The number of aromatic nitrogens is 2. The Morgan fingerprint density at radius 1 is 1.55 bits per heavy atom. The Kier molecular flexibility index (Phi) is 4.39. The maximum absolute atomic E-state index is 11.7. The Morgan fingerprint density at radius 2 is 2.30 bits per heavy atom. The Bertz CT molecular complexity index is 537. The minimum absolute atomic E-state index is 0.0385. The Morgan fingerprint density at radius 3 is 3.00 bits per heavy atom. The molecular weight excluding hydrogens is 282 g/mol. The van der Waals surface area contributed by atoms with Gasteiger partial charge < -0.3 is 10.2 Å². The van der Waals surface area contributed by atoms with Crippen molar-refractivity contribution in [3.8, 4) is 0 Å². The first-order valence-corrected chi connectivity index (χ1v) is 6.77. The van der Waals surface area contributed by atoms with Gasteiger partial charge >= 0.3 is 0 Å². The lowest BCUT2D eigenvalue weighted by Crippen LogP contribution is -2.57. The van der Waals surface area contributed by atoms with Crippen molar-refractivity contribution in [2.45, 2.75) is 26.3 Å². The lowest BCUT2D eigenvalue weighted by Gasteiger charge is -2.33. The SMILES string of the molecule is CCCNc1ncc(Cl)c(N2CC(=O)NC(=O)C2C)n1. The first-order valence-electron chi connectivity index (χ1n) is 6.39. The van der Waals surface area contributed by atoms with Crippen molar-refractivity contribution in [2.24, 2.45) is 0 Å². The highest BCUT2D eigenvalue weighted by molar-refractivity contribution is 6.33. The minimum Gasteiger partial charge on any atom is -0.354 e. The van der Waals surface area contributed by atoms with Crippen molar-refractivity contribution < 1.29 is 9.59 Å². The van der Waals surface area contributed by atoms with Gasteiger partial charge in [0.1, 0.15) is 11.1 Å². The van der Waals surface area contributed by atoms with Crippen LogP contribution in [0.4, 0.5) is 11.8 Å². The Hall–Kier alpha value is -1.89. The number of piperazine rings is 1. The second kappa shape index (κ2) is 6.04. The van der Waals surface area contributed by atoms with Gasteiger partial charge in [0.05, 0.1) is 12.7 Å². The van der Waals surface area contributed by atoms with Crippen molar-refractivity contribution in [2.75, 3.05) is 23.3 Å². The fourth-order valence-corrected chi connectivity index (χ4v) is 2.05. The second-order valence-corrected chi connectivity index (χ2v) is 4.92. The van der Waals surface area contributed by atoms with E-state index in [9.17, 15) is 9.59 Å².